The van der Waals surface area contributed by atoms with Crippen molar-refractivity contribution in [2.75, 3.05) is 19.6 Å². The van der Waals surface area contributed by atoms with Crippen LogP contribution < -0.4 is 0 Å². The standard InChI is InChI=1S/C13H22N2O2/c1-3-6-15-11(2)9-13(12(15)17)4-7-14(10-16)8-5-13/h10-11H,3-9H2,1-2H3. The summed E-state index contributed by atoms with van der Waals surface area (Å²) >= 11 is 0. The zero-order valence-corrected chi connectivity index (χ0v) is 10.8. The first-order chi connectivity index (χ1) is 8.13. The van der Waals surface area contributed by atoms with Gasteiger partial charge in [0.25, 0.3) is 0 Å². The molecule has 2 amide bonds. The van der Waals surface area contributed by atoms with Gasteiger partial charge in [0.05, 0.1) is 5.41 Å². The molecule has 2 rings (SSSR count). The van der Waals surface area contributed by atoms with Crippen molar-refractivity contribution in [2.45, 2.75) is 45.6 Å². The molecular weight excluding hydrogens is 216 g/mol. The summed E-state index contributed by atoms with van der Waals surface area (Å²) in [5.74, 6) is 0.331. The Morgan fingerprint density at radius 2 is 2.06 bits per heavy atom. The third-order valence-corrected chi connectivity index (χ3v) is 4.30. The van der Waals surface area contributed by atoms with Crippen molar-refractivity contribution in [2.24, 2.45) is 5.41 Å². The number of hydrogen-bond donors (Lipinski definition) is 0. The lowest BCUT2D eigenvalue weighted by atomic mass is 9.76. The van der Waals surface area contributed by atoms with Gasteiger partial charge in [-0.3, -0.25) is 9.59 Å². The van der Waals surface area contributed by atoms with Crippen LogP contribution in [0.1, 0.15) is 39.5 Å². The Hall–Kier alpha value is -1.06. The molecule has 0 N–H and O–H groups in total. The second-order valence-electron chi connectivity index (χ2n) is 5.47. The SMILES string of the molecule is CCCN1C(=O)C2(CCN(C=O)CC2)CC1C. The van der Waals surface area contributed by atoms with Gasteiger partial charge >= 0.3 is 0 Å². The molecule has 1 unspecified atom stereocenters. The van der Waals surface area contributed by atoms with E-state index in [9.17, 15) is 9.59 Å². The Balaban J connectivity index is 2.07. The first-order valence-electron chi connectivity index (χ1n) is 6.63. The van der Waals surface area contributed by atoms with E-state index < -0.39 is 0 Å². The van der Waals surface area contributed by atoms with Crippen LogP contribution in [0.15, 0.2) is 0 Å². The van der Waals surface area contributed by atoms with Gasteiger partial charge in [0, 0.05) is 25.7 Å². The van der Waals surface area contributed by atoms with E-state index in [1.165, 1.54) is 0 Å². The molecule has 0 radical (unpaired) electrons. The molecule has 2 aliphatic rings. The van der Waals surface area contributed by atoms with Gasteiger partial charge in [-0.05, 0) is 32.6 Å². The fourth-order valence-corrected chi connectivity index (χ4v) is 3.31. The summed E-state index contributed by atoms with van der Waals surface area (Å²) in [5.41, 5.74) is -0.159. The highest BCUT2D eigenvalue weighted by Gasteiger charge is 2.50. The first kappa shape index (κ1) is 12.4. The average molecular weight is 238 g/mol. The molecular formula is C13H22N2O2. The van der Waals surface area contributed by atoms with Crippen molar-refractivity contribution in [3.63, 3.8) is 0 Å². The monoisotopic (exact) mass is 238 g/mol. The lowest BCUT2D eigenvalue weighted by Crippen LogP contribution is -2.44. The van der Waals surface area contributed by atoms with Gasteiger partial charge in [-0.25, -0.2) is 0 Å². The van der Waals surface area contributed by atoms with E-state index in [0.29, 0.717) is 11.9 Å². The van der Waals surface area contributed by atoms with E-state index >= 15 is 0 Å². The number of carbonyl (C=O) groups excluding carboxylic acids is 2. The van der Waals surface area contributed by atoms with E-state index in [1.54, 1.807) is 4.90 Å². The van der Waals surface area contributed by atoms with Gasteiger partial charge < -0.3 is 9.80 Å². The topological polar surface area (TPSA) is 40.6 Å². The Bertz CT molecular complexity index is 309. The molecule has 17 heavy (non-hydrogen) atoms. The van der Waals surface area contributed by atoms with Crippen molar-refractivity contribution in [3.05, 3.63) is 0 Å². The van der Waals surface area contributed by atoms with Crippen LogP contribution in [-0.2, 0) is 9.59 Å². The lowest BCUT2D eigenvalue weighted by molar-refractivity contribution is -0.140. The van der Waals surface area contributed by atoms with Crippen molar-refractivity contribution in [1.29, 1.82) is 0 Å². The fraction of sp³-hybridized carbons (Fsp3) is 0.846. The molecule has 0 aromatic rings. The van der Waals surface area contributed by atoms with Crippen LogP contribution in [0.4, 0.5) is 0 Å². The molecule has 2 saturated heterocycles. The second kappa shape index (κ2) is 4.67. The minimum atomic E-state index is -0.159. The Kier molecular flexibility index (Phi) is 3.40. The fourth-order valence-electron chi connectivity index (χ4n) is 3.31. The smallest absolute Gasteiger partial charge is 0.229 e. The number of hydrogen-bond acceptors (Lipinski definition) is 2. The highest BCUT2D eigenvalue weighted by Crippen LogP contribution is 2.44. The lowest BCUT2D eigenvalue weighted by Gasteiger charge is -2.36. The summed E-state index contributed by atoms with van der Waals surface area (Å²) in [5, 5.41) is 0. The molecule has 0 bridgehead atoms. The van der Waals surface area contributed by atoms with Crippen LogP contribution in [0.25, 0.3) is 0 Å². The predicted molar refractivity (Wildman–Crippen MR) is 65.4 cm³/mol. The molecule has 0 aliphatic carbocycles. The summed E-state index contributed by atoms with van der Waals surface area (Å²) in [6.45, 7) is 6.61. The highest BCUT2D eigenvalue weighted by atomic mass is 16.2. The molecule has 2 fully saturated rings. The maximum Gasteiger partial charge on any atom is 0.229 e. The summed E-state index contributed by atoms with van der Waals surface area (Å²) < 4.78 is 0. The normalized spacial score (nSPS) is 27.9. The molecule has 96 valence electrons. The molecule has 0 aromatic heterocycles. The Labute approximate surface area is 103 Å². The molecule has 4 nitrogen and oxygen atoms in total. The van der Waals surface area contributed by atoms with E-state index in [0.717, 1.165) is 51.7 Å². The van der Waals surface area contributed by atoms with Crippen molar-refractivity contribution < 1.29 is 9.59 Å². The zero-order chi connectivity index (χ0) is 12.5. The predicted octanol–water partition coefficient (Wildman–Crippen LogP) is 1.26. The van der Waals surface area contributed by atoms with Crippen LogP contribution in [-0.4, -0.2) is 47.8 Å². The zero-order valence-electron chi connectivity index (χ0n) is 10.8. The quantitative estimate of drug-likeness (QED) is 0.694. The number of rotatable bonds is 3. The molecule has 2 aliphatic heterocycles. The average Bonchev–Trinajstić information content (AvgIpc) is 2.56. The number of piperidine rings is 1. The Morgan fingerprint density at radius 3 is 2.59 bits per heavy atom. The summed E-state index contributed by atoms with van der Waals surface area (Å²) in [7, 11) is 0. The number of amides is 2. The second-order valence-corrected chi connectivity index (χ2v) is 5.47. The van der Waals surface area contributed by atoms with Gasteiger partial charge in [0.1, 0.15) is 0 Å². The van der Waals surface area contributed by atoms with Gasteiger partial charge in [0.15, 0.2) is 0 Å². The van der Waals surface area contributed by atoms with Crippen LogP contribution in [0, 0.1) is 5.41 Å². The maximum absolute atomic E-state index is 12.5. The molecule has 0 saturated carbocycles. The summed E-state index contributed by atoms with van der Waals surface area (Å²) in [4.78, 5) is 27.0. The number of likely N-dealkylation sites (tertiary alicyclic amines) is 2. The number of carbonyl (C=O) groups is 2. The Morgan fingerprint density at radius 1 is 1.41 bits per heavy atom. The van der Waals surface area contributed by atoms with Gasteiger partial charge in [-0.1, -0.05) is 6.92 Å². The van der Waals surface area contributed by atoms with Gasteiger partial charge in [-0.15, -0.1) is 0 Å². The molecule has 1 atom stereocenters. The molecule has 4 heteroatoms. The minimum absolute atomic E-state index is 0.159. The van der Waals surface area contributed by atoms with Crippen LogP contribution in [0.2, 0.25) is 0 Å². The van der Waals surface area contributed by atoms with Gasteiger partial charge in [-0.2, -0.15) is 0 Å². The minimum Gasteiger partial charge on any atom is -0.345 e. The summed E-state index contributed by atoms with van der Waals surface area (Å²) in [6, 6.07) is 0.366. The molecule has 2 heterocycles. The maximum atomic E-state index is 12.5. The third kappa shape index (κ3) is 2.05. The van der Waals surface area contributed by atoms with E-state index in [-0.39, 0.29) is 5.41 Å². The van der Waals surface area contributed by atoms with Gasteiger partial charge in [0.2, 0.25) is 12.3 Å². The van der Waals surface area contributed by atoms with E-state index in [2.05, 4.69) is 13.8 Å². The van der Waals surface area contributed by atoms with Crippen molar-refractivity contribution in [1.82, 2.24) is 9.80 Å². The molecule has 1 spiro atoms. The third-order valence-electron chi connectivity index (χ3n) is 4.30. The van der Waals surface area contributed by atoms with Crippen LogP contribution in [0.5, 0.6) is 0 Å². The van der Waals surface area contributed by atoms with Crippen LogP contribution >= 0.6 is 0 Å². The van der Waals surface area contributed by atoms with Crippen molar-refractivity contribution in [3.8, 4) is 0 Å². The largest absolute Gasteiger partial charge is 0.345 e. The van der Waals surface area contributed by atoms with E-state index in [4.69, 9.17) is 0 Å². The highest BCUT2D eigenvalue weighted by molar-refractivity contribution is 5.85. The van der Waals surface area contributed by atoms with Crippen molar-refractivity contribution >= 4 is 12.3 Å². The van der Waals surface area contributed by atoms with Crippen LogP contribution in [0.3, 0.4) is 0 Å². The molecule has 0 aromatic carbocycles. The first-order valence-corrected chi connectivity index (χ1v) is 6.63. The van der Waals surface area contributed by atoms with E-state index in [1.807, 2.05) is 4.90 Å². The number of nitrogens with zero attached hydrogens (tertiary/aromatic N) is 2. The summed E-state index contributed by atoms with van der Waals surface area (Å²) in [6.07, 6.45) is 4.58.